The van der Waals surface area contributed by atoms with Crippen LogP contribution in [0.4, 0.5) is 0 Å². The van der Waals surface area contributed by atoms with Crippen LogP contribution >= 0.6 is 11.8 Å². The highest BCUT2D eigenvalue weighted by Crippen LogP contribution is 2.40. The number of rotatable bonds is 7. The van der Waals surface area contributed by atoms with E-state index in [4.69, 9.17) is 0 Å². The van der Waals surface area contributed by atoms with Gasteiger partial charge in [-0.15, -0.1) is 11.8 Å². The van der Waals surface area contributed by atoms with Gasteiger partial charge in [-0.05, 0) is 48.6 Å². The molecule has 0 spiro atoms. The van der Waals surface area contributed by atoms with Crippen LogP contribution in [0.25, 0.3) is 0 Å². The van der Waals surface area contributed by atoms with Gasteiger partial charge in [0.1, 0.15) is 5.82 Å². The van der Waals surface area contributed by atoms with Gasteiger partial charge < -0.3 is 9.88 Å². The molecule has 0 bridgehead atoms. The van der Waals surface area contributed by atoms with E-state index in [1.165, 1.54) is 5.56 Å². The Morgan fingerprint density at radius 2 is 2.00 bits per heavy atom. The van der Waals surface area contributed by atoms with E-state index in [0.29, 0.717) is 11.5 Å². The quantitative estimate of drug-likeness (QED) is 0.632. The standard InChI is InChI=1S/C21H22N4OS/c1-25-13-12-23-20(25)19(16-9-10-16)24-21(26)17-7-5-15(6-8-17)14-27-18-4-2-3-11-22-18/h2-8,11-13,16,19H,9-10,14H2,1H3,(H,24,26). The monoisotopic (exact) mass is 378 g/mol. The molecule has 2 aromatic heterocycles. The van der Waals surface area contributed by atoms with Gasteiger partial charge in [0.25, 0.3) is 5.91 Å². The number of thioether (sulfide) groups is 1. The van der Waals surface area contributed by atoms with E-state index in [-0.39, 0.29) is 11.9 Å². The number of hydrogen-bond donors (Lipinski definition) is 1. The molecule has 0 radical (unpaired) electrons. The van der Waals surface area contributed by atoms with Crippen molar-refractivity contribution in [2.24, 2.45) is 13.0 Å². The van der Waals surface area contributed by atoms with Crippen molar-refractivity contribution >= 4 is 17.7 Å². The molecule has 0 saturated heterocycles. The number of nitrogens with zero attached hydrogens (tertiary/aromatic N) is 3. The highest BCUT2D eigenvalue weighted by molar-refractivity contribution is 7.98. The summed E-state index contributed by atoms with van der Waals surface area (Å²) in [5.41, 5.74) is 1.85. The number of aromatic nitrogens is 3. The number of hydrogen-bond acceptors (Lipinski definition) is 4. The SMILES string of the molecule is Cn1ccnc1C(NC(=O)c1ccc(CSc2ccccn2)cc1)C1CC1. The molecule has 1 saturated carbocycles. The van der Waals surface area contributed by atoms with Crippen LogP contribution in [0.2, 0.25) is 0 Å². The van der Waals surface area contributed by atoms with Crippen molar-refractivity contribution in [2.75, 3.05) is 0 Å². The Labute approximate surface area is 163 Å². The normalized spacial score (nSPS) is 14.7. The Balaban J connectivity index is 1.39. The molecule has 4 rings (SSSR count). The zero-order chi connectivity index (χ0) is 18.6. The molecule has 1 aliphatic carbocycles. The number of aryl methyl sites for hydroxylation is 1. The van der Waals surface area contributed by atoms with Gasteiger partial charge in [-0.2, -0.15) is 0 Å². The van der Waals surface area contributed by atoms with Crippen LogP contribution in [0.3, 0.4) is 0 Å². The van der Waals surface area contributed by atoms with Crippen LogP contribution in [-0.4, -0.2) is 20.4 Å². The molecule has 1 aromatic carbocycles. The number of pyridine rings is 1. The number of benzene rings is 1. The molecule has 138 valence electrons. The van der Waals surface area contributed by atoms with Crippen molar-refractivity contribution < 1.29 is 4.79 Å². The van der Waals surface area contributed by atoms with E-state index in [0.717, 1.165) is 29.4 Å². The third-order valence-electron chi connectivity index (χ3n) is 4.76. The van der Waals surface area contributed by atoms with Crippen molar-refractivity contribution in [3.05, 3.63) is 78.0 Å². The van der Waals surface area contributed by atoms with Crippen molar-refractivity contribution in [1.29, 1.82) is 0 Å². The molecule has 1 unspecified atom stereocenters. The minimum Gasteiger partial charge on any atom is -0.342 e. The molecule has 6 heteroatoms. The minimum atomic E-state index is -0.0428. The van der Waals surface area contributed by atoms with Crippen molar-refractivity contribution in [3.8, 4) is 0 Å². The maximum atomic E-state index is 12.7. The first-order chi connectivity index (χ1) is 13.2. The summed E-state index contributed by atoms with van der Waals surface area (Å²) in [7, 11) is 1.97. The summed E-state index contributed by atoms with van der Waals surface area (Å²) in [5, 5.41) is 4.18. The Morgan fingerprint density at radius 3 is 2.63 bits per heavy atom. The summed E-state index contributed by atoms with van der Waals surface area (Å²) in [5.74, 6) is 2.20. The van der Waals surface area contributed by atoms with Gasteiger partial charge in [0.15, 0.2) is 0 Å². The molecular weight excluding hydrogens is 356 g/mol. The lowest BCUT2D eigenvalue weighted by molar-refractivity contribution is 0.0929. The third-order valence-corrected chi connectivity index (χ3v) is 5.77. The van der Waals surface area contributed by atoms with Gasteiger partial charge in [0.2, 0.25) is 0 Å². The lowest BCUT2D eigenvalue weighted by Gasteiger charge is -2.18. The van der Waals surface area contributed by atoms with Gasteiger partial charge in [-0.25, -0.2) is 9.97 Å². The van der Waals surface area contributed by atoms with Crippen molar-refractivity contribution in [3.63, 3.8) is 0 Å². The summed E-state index contributed by atoms with van der Waals surface area (Å²) < 4.78 is 1.99. The predicted octanol–water partition coefficient (Wildman–Crippen LogP) is 3.99. The number of nitrogens with one attached hydrogen (secondary N) is 1. The average molecular weight is 379 g/mol. The van der Waals surface area contributed by atoms with Crippen LogP contribution in [0.1, 0.15) is 40.6 Å². The topological polar surface area (TPSA) is 59.8 Å². The molecule has 5 nitrogen and oxygen atoms in total. The summed E-state index contributed by atoms with van der Waals surface area (Å²) >= 11 is 1.69. The van der Waals surface area contributed by atoms with Crippen LogP contribution in [0, 0.1) is 5.92 Å². The number of carbonyl (C=O) groups is 1. The molecule has 1 fully saturated rings. The summed E-state index contributed by atoms with van der Waals surface area (Å²) in [6.07, 6.45) is 7.78. The van der Waals surface area contributed by atoms with E-state index < -0.39 is 0 Å². The molecule has 1 aliphatic rings. The van der Waals surface area contributed by atoms with E-state index in [9.17, 15) is 4.79 Å². The van der Waals surface area contributed by atoms with Gasteiger partial charge in [-0.1, -0.05) is 18.2 Å². The van der Waals surface area contributed by atoms with Crippen molar-refractivity contribution in [2.45, 2.75) is 29.7 Å². The second-order valence-electron chi connectivity index (χ2n) is 6.84. The Kier molecular flexibility index (Phi) is 5.25. The maximum absolute atomic E-state index is 12.7. The number of amides is 1. The smallest absolute Gasteiger partial charge is 0.251 e. The largest absolute Gasteiger partial charge is 0.342 e. The highest BCUT2D eigenvalue weighted by atomic mass is 32.2. The van der Waals surface area contributed by atoms with Crippen LogP contribution < -0.4 is 5.32 Å². The predicted molar refractivity (Wildman–Crippen MR) is 106 cm³/mol. The fraction of sp³-hybridized carbons (Fsp3) is 0.286. The van der Waals surface area contributed by atoms with Gasteiger partial charge >= 0.3 is 0 Å². The van der Waals surface area contributed by atoms with Crippen LogP contribution in [-0.2, 0) is 12.8 Å². The molecule has 3 aromatic rings. The van der Waals surface area contributed by atoms with E-state index >= 15 is 0 Å². The second kappa shape index (κ2) is 7.96. The molecule has 1 atom stereocenters. The summed E-state index contributed by atoms with van der Waals surface area (Å²) in [4.78, 5) is 21.5. The molecule has 2 heterocycles. The first-order valence-corrected chi connectivity index (χ1v) is 10.1. The van der Waals surface area contributed by atoms with Crippen molar-refractivity contribution in [1.82, 2.24) is 19.9 Å². The van der Waals surface area contributed by atoms with E-state index in [2.05, 4.69) is 15.3 Å². The second-order valence-corrected chi connectivity index (χ2v) is 7.83. The fourth-order valence-corrected chi connectivity index (χ4v) is 3.88. The summed E-state index contributed by atoms with van der Waals surface area (Å²) in [6, 6.07) is 13.7. The van der Waals surface area contributed by atoms with Gasteiger partial charge in [0, 0.05) is 37.0 Å². The summed E-state index contributed by atoms with van der Waals surface area (Å²) in [6.45, 7) is 0. The Morgan fingerprint density at radius 1 is 1.19 bits per heavy atom. The molecule has 1 amide bonds. The molecule has 27 heavy (non-hydrogen) atoms. The average Bonchev–Trinajstić information content (AvgIpc) is 3.46. The Hall–Kier alpha value is -2.60. The maximum Gasteiger partial charge on any atom is 0.251 e. The number of carbonyl (C=O) groups excluding carboxylic acids is 1. The van der Waals surface area contributed by atoms with Crippen LogP contribution in [0.15, 0.2) is 66.1 Å². The van der Waals surface area contributed by atoms with E-state index in [1.807, 2.05) is 60.3 Å². The third kappa shape index (κ3) is 4.39. The highest BCUT2D eigenvalue weighted by Gasteiger charge is 2.35. The Bertz CT molecular complexity index is 903. The fourth-order valence-electron chi connectivity index (χ4n) is 3.07. The van der Waals surface area contributed by atoms with Gasteiger partial charge in [0.05, 0.1) is 11.1 Å². The minimum absolute atomic E-state index is 0.0168. The van der Waals surface area contributed by atoms with E-state index in [1.54, 1.807) is 24.2 Å². The zero-order valence-electron chi connectivity index (χ0n) is 15.2. The first kappa shape index (κ1) is 17.8. The zero-order valence-corrected chi connectivity index (χ0v) is 16.0. The molecular formula is C21H22N4OS. The molecule has 0 aliphatic heterocycles. The first-order valence-electron chi connectivity index (χ1n) is 9.11. The van der Waals surface area contributed by atoms with Gasteiger partial charge in [-0.3, -0.25) is 4.79 Å². The lowest BCUT2D eigenvalue weighted by Crippen LogP contribution is -2.31. The van der Waals surface area contributed by atoms with Crippen LogP contribution in [0.5, 0.6) is 0 Å². The molecule has 1 N–H and O–H groups in total. The lowest BCUT2D eigenvalue weighted by atomic mass is 10.1. The number of imidazole rings is 1.